The maximum atomic E-state index is 13.5. The number of amides is 2. The molecular weight excluding hydrogens is 296 g/mol. The second kappa shape index (κ2) is 5.64. The van der Waals surface area contributed by atoms with Crippen molar-refractivity contribution in [2.45, 2.75) is 32.9 Å². The Balaban J connectivity index is 2.58. The normalized spacial score (nSPS) is 22.8. The van der Waals surface area contributed by atoms with E-state index in [0.717, 1.165) is 12.1 Å². The van der Waals surface area contributed by atoms with Crippen molar-refractivity contribution >= 4 is 12.0 Å². The third-order valence-corrected chi connectivity index (χ3v) is 3.51. The van der Waals surface area contributed by atoms with E-state index in [4.69, 9.17) is 4.74 Å². The van der Waals surface area contributed by atoms with Crippen molar-refractivity contribution in [2.75, 3.05) is 6.61 Å². The van der Waals surface area contributed by atoms with Crippen molar-refractivity contribution in [3.05, 3.63) is 35.4 Å². The van der Waals surface area contributed by atoms with Crippen LogP contribution in [0.4, 0.5) is 13.6 Å². The zero-order chi connectivity index (χ0) is 16.7. The molecule has 1 aromatic carbocycles. The van der Waals surface area contributed by atoms with Crippen molar-refractivity contribution in [1.29, 1.82) is 0 Å². The molecule has 1 heterocycles. The van der Waals surface area contributed by atoms with Gasteiger partial charge in [-0.3, -0.25) is 4.79 Å². The Hall–Kier alpha value is -2.02. The van der Waals surface area contributed by atoms with E-state index in [0.29, 0.717) is 11.0 Å². The van der Waals surface area contributed by atoms with Crippen LogP contribution in [0.15, 0.2) is 18.2 Å². The number of carbonyl (C=O) groups is 2. The van der Waals surface area contributed by atoms with Gasteiger partial charge in [-0.15, -0.1) is 0 Å². The van der Waals surface area contributed by atoms with Crippen LogP contribution in [-0.4, -0.2) is 34.7 Å². The molecule has 1 fully saturated rings. The molecule has 1 aliphatic rings. The molecule has 7 heteroatoms. The van der Waals surface area contributed by atoms with Gasteiger partial charge >= 0.3 is 6.09 Å². The van der Waals surface area contributed by atoms with Gasteiger partial charge in [-0.1, -0.05) is 20.8 Å². The number of hydrogen-bond donors (Lipinski definition) is 1. The fourth-order valence-electron chi connectivity index (χ4n) is 2.63. The summed E-state index contributed by atoms with van der Waals surface area (Å²) < 4.78 is 32.5. The Bertz CT molecular complexity index is 592. The lowest BCUT2D eigenvalue weighted by Crippen LogP contribution is -2.54. The van der Waals surface area contributed by atoms with Gasteiger partial charge < -0.3 is 9.84 Å². The van der Waals surface area contributed by atoms with Gasteiger partial charge in [0.2, 0.25) is 0 Å². The fourth-order valence-corrected chi connectivity index (χ4v) is 2.63. The lowest BCUT2D eigenvalue weighted by Gasteiger charge is -2.44. The molecule has 0 aromatic heterocycles. The molecule has 2 amide bonds. The van der Waals surface area contributed by atoms with E-state index in [1.54, 1.807) is 20.8 Å². The summed E-state index contributed by atoms with van der Waals surface area (Å²) in [6, 6.07) is 1.62. The average Bonchev–Trinajstić information content (AvgIpc) is 2.35. The minimum Gasteiger partial charge on any atom is -0.465 e. The number of imide groups is 1. The van der Waals surface area contributed by atoms with E-state index in [1.165, 1.54) is 0 Å². The molecule has 120 valence electrons. The van der Waals surface area contributed by atoms with Crippen LogP contribution in [-0.2, 0) is 9.53 Å². The second-order valence-electron chi connectivity index (χ2n) is 6.29. The van der Waals surface area contributed by atoms with Gasteiger partial charge in [0.15, 0.2) is 0 Å². The van der Waals surface area contributed by atoms with E-state index in [2.05, 4.69) is 0 Å². The summed E-state index contributed by atoms with van der Waals surface area (Å²) in [6.07, 6.45) is -2.19. The van der Waals surface area contributed by atoms with Crippen LogP contribution in [0.1, 0.15) is 32.4 Å². The molecule has 2 atom stereocenters. The van der Waals surface area contributed by atoms with Crippen LogP contribution in [0.2, 0.25) is 0 Å². The lowest BCUT2D eigenvalue weighted by atomic mass is 9.80. The number of halogens is 2. The number of rotatable bonds is 1. The Labute approximate surface area is 126 Å². The van der Waals surface area contributed by atoms with Crippen LogP contribution < -0.4 is 0 Å². The molecule has 1 aliphatic heterocycles. The zero-order valence-corrected chi connectivity index (χ0v) is 12.5. The smallest absolute Gasteiger partial charge is 0.414 e. The van der Waals surface area contributed by atoms with Crippen molar-refractivity contribution in [3.8, 4) is 0 Å². The molecule has 0 spiro atoms. The molecule has 1 saturated heterocycles. The van der Waals surface area contributed by atoms with E-state index < -0.39 is 41.2 Å². The van der Waals surface area contributed by atoms with Crippen molar-refractivity contribution in [1.82, 2.24) is 4.90 Å². The average molecular weight is 313 g/mol. The number of carboxylic acid groups (broad SMARTS) is 1. The van der Waals surface area contributed by atoms with Gasteiger partial charge in [-0.05, 0) is 23.1 Å². The third kappa shape index (κ3) is 3.09. The minimum atomic E-state index is -1.47. The number of nitrogens with zero attached hydrogens (tertiary/aromatic N) is 1. The van der Waals surface area contributed by atoms with Crippen LogP contribution in [0.3, 0.4) is 0 Å². The first-order chi connectivity index (χ1) is 10.1. The summed E-state index contributed by atoms with van der Waals surface area (Å²) in [7, 11) is 0. The molecule has 1 unspecified atom stereocenters. The monoisotopic (exact) mass is 313 g/mol. The largest absolute Gasteiger partial charge is 0.465 e. The lowest BCUT2D eigenvalue weighted by molar-refractivity contribution is -0.162. The number of carbonyl (C=O) groups excluding carboxylic acids is 1. The molecule has 0 aliphatic carbocycles. The van der Waals surface area contributed by atoms with Gasteiger partial charge in [0, 0.05) is 6.07 Å². The van der Waals surface area contributed by atoms with Crippen molar-refractivity contribution in [3.63, 3.8) is 0 Å². The zero-order valence-electron chi connectivity index (χ0n) is 12.5. The predicted molar refractivity (Wildman–Crippen MR) is 73.2 cm³/mol. The summed E-state index contributed by atoms with van der Waals surface area (Å²) in [6.45, 7) is 5.02. The maximum absolute atomic E-state index is 13.5. The fraction of sp³-hybridized carbons (Fsp3) is 0.467. The summed E-state index contributed by atoms with van der Waals surface area (Å²) in [5.41, 5.74) is -0.491. The molecule has 1 N–H and O–H groups in total. The van der Waals surface area contributed by atoms with Gasteiger partial charge in [0.25, 0.3) is 5.91 Å². The van der Waals surface area contributed by atoms with E-state index >= 15 is 0 Å². The molecule has 0 bridgehead atoms. The second-order valence-corrected chi connectivity index (χ2v) is 6.29. The highest BCUT2D eigenvalue weighted by Gasteiger charge is 2.46. The van der Waals surface area contributed by atoms with Crippen LogP contribution in [0.5, 0.6) is 0 Å². The van der Waals surface area contributed by atoms with E-state index in [1.807, 2.05) is 0 Å². The first-order valence-electron chi connectivity index (χ1n) is 6.74. The third-order valence-electron chi connectivity index (χ3n) is 3.51. The highest BCUT2D eigenvalue weighted by molar-refractivity contribution is 5.93. The Kier molecular flexibility index (Phi) is 4.19. The van der Waals surface area contributed by atoms with Crippen molar-refractivity contribution in [2.24, 2.45) is 5.41 Å². The first-order valence-corrected chi connectivity index (χ1v) is 6.74. The van der Waals surface area contributed by atoms with Gasteiger partial charge in [-0.2, -0.15) is 0 Å². The van der Waals surface area contributed by atoms with Gasteiger partial charge in [0.05, 0.1) is 12.1 Å². The van der Waals surface area contributed by atoms with Gasteiger partial charge in [-0.25, -0.2) is 18.5 Å². The van der Waals surface area contributed by atoms with Crippen molar-refractivity contribution < 1.29 is 28.2 Å². The topological polar surface area (TPSA) is 66.8 Å². The Morgan fingerprint density at radius 1 is 1.27 bits per heavy atom. The van der Waals surface area contributed by atoms with E-state index in [-0.39, 0.29) is 12.2 Å². The molecule has 5 nitrogen and oxygen atoms in total. The summed E-state index contributed by atoms with van der Waals surface area (Å²) in [4.78, 5) is 23.9. The van der Waals surface area contributed by atoms with Crippen LogP contribution >= 0.6 is 0 Å². The molecule has 22 heavy (non-hydrogen) atoms. The molecule has 0 radical (unpaired) electrons. The number of ether oxygens (including phenoxy) is 1. The van der Waals surface area contributed by atoms with Crippen LogP contribution in [0, 0.1) is 17.0 Å². The highest BCUT2D eigenvalue weighted by atomic mass is 19.1. The summed E-state index contributed by atoms with van der Waals surface area (Å²) in [5.74, 6) is -2.44. The highest BCUT2D eigenvalue weighted by Crippen LogP contribution is 2.39. The molecule has 2 rings (SSSR count). The molecule has 1 aromatic rings. The van der Waals surface area contributed by atoms with Gasteiger partial charge in [0.1, 0.15) is 18.2 Å². The number of hydrogen-bond acceptors (Lipinski definition) is 3. The standard InChI is InChI=1S/C15H17F2NO4/c1-15(2,3)13-12(8-4-9(16)6-10(17)5-8)18(14(20)21)11(19)7-22-13/h4-6,12-13H,7H2,1-3H3,(H,20,21)/t12-,13?/m1/s1. The first kappa shape index (κ1) is 16.4. The van der Waals surface area contributed by atoms with E-state index in [9.17, 15) is 23.5 Å². The predicted octanol–water partition coefficient (Wildman–Crippen LogP) is 2.96. The maximum Gasteiger partial charge on any atom is 0.414 e. The Morgan fingerprint density at radius 2 is 1.82 bits per heavy atom. The molecular formula is C15H17F2NO4. The van der Waals surface area contributed by atoms with Crippen LogP contribution in [0.25, 0.3) is 0 Å². The quantitative estimate of drug-likeness (QED) is 0.865. The number of benzene rings is 1. The summed E-state index contributed by atoms with van der Waals surface area (Å²) in [5, 5.41) is 9.32. The minimum absolute atomic E-state index is 0.0490. The Morgan fingerprint density at radius 3 is 2.27 bits per heavy atom. The summed E-state index contributed by atoms with van der Waals surface area (Å²) >= 11 is 0. The molecule has 0 saturated carbocycles. The number of morpholine rings is 1. The SMILES string of the molecule is CC(C)(C)C1OCC(=O)N(C(=O)O)[C@@H]1c1cc(F)cc(F)c1.